The average Bonchev–Trinajstić information content (AvgIpc) is 2.60. The van der Waals surface area contributed by atoms with Crippen molar-refractivity contribution in [2.75, 3.05) is 4.90 Å². The second-order valence-electron chi connectivity index (χ2n) is 6.84. The van der Waals surface area contributed by atoms with E-state index in [4.69, 9.17) is 0 Å². The Bertz CT molecular complexity index is 1030. The van der Waals surface area contributed by atoms with Crippen molar-refractivity contribution >= 4 is 22.5 Å². The number of pyridine rings is 1. The van der Waals surface area contributed by atoms with Crippen molar-refractivity contribution in [1.82, 2.24) is 4.98 Å². The molecule has 0 aliphatic rings. The molecule has 0 radical (unpaired) electrons. The van der Waals surface area contributed by atoms with Gasteiger partial charge in [-0.15, -0.1) is 0 Å². The fourth-order valence-corrected chi connectivity index (χ4v) is 3.25. The van der Waals surface area contributed by atoms with Crippen LogP contribution < -0.4 is 10.5 Å². The lowest BCUT2D eigenvalue weighted by Crippen LogP contribution is -2.32. The number of aryl methyl sites for hydroxylation is 3. The van der Waals surface area contributed by atoms with Crippen LogP contribution in [0.1, 0.15) is 35.6 Å². The van der Waals surface area contributed by atoms with Gasteiger partial charge in [0.2, 0.25) is 5.91 Å². The molecule has 1 heterocycles. The highest BCUT2D eigenvalue weighted by Crippen LogP contribution is 2.24. The second-order valence-corrected chi connectivity index (χ2v) is 6.84. The number of aromatic nitrogens is 1. The van der Waals surface area contributed by atoms with Gasteiger partial charge < -0.3 is 9.88 Å². The van der Waals surface area contributed by atoms with E-state index in [9.17, 15) is 9.59 Å². The maximum absolute atomic E-state index is 12.6. The standard InChI is InChI=1S/C22H24N2O2/c1-5-21(25)24(20-9-7-14(2)10-16(20)4)13-18-12-17-8-6-15(3)11-19(17)23-22(18)26/h6-12H,5,13H2,1-4H3,(H,23,26). The molecular weight excluding hydrogens is 324 g/mol. The van der Waals surface area contributed by atoms with E-state index in [1.54, 1.807) is 4.90 Å². The first-order chi connectivity index (χ1) is 12.4. The third-order valence-corrected chi connectivity index (χ3v) is 4.65. The van der Waals surface area contributed by atoms with Crippen LogP contribution in [0, 0.1) is 20.8 Å². The Hall–Kier alpha value is -2.88. The van der Waals surface area contributed by atoms with E-state index in [0.717, 1.165) is 33.3 Å². The number of rotatable bonds is 4. The largest absolute Gasteiger partial charge is 0.322 e. The Morgan fingerprint density at radius 3 is 2.38 bits per heavy atom. The fourth-order valence-electron chi connectivity index (χ4n) is 3.25. The molecule has 0 aliphatic heterocycles. The molecule has 1 aromatic heterocycles. The molecule has 0 saturated heterocycles. The lowest BCUT2D eigenvalue weighted by Gasteiger charge is -2.24. The molecule has 1 N–H and O–H groups in total. The second kappa shape index (κ2) is 7.16. The smallest absolute Gasteiger partial charge is 0.253 e. The molecule has 4 nitrogen and oxygen atoms in total. The van der Waals surface area contributed by atoms with Crippen LogP contribution in [0.2, 0.25) is 0 Å². The van der Waals surface area contributed by atoms with Gasteiger partial charge in [-0.05, 0) is 55.5 Å². The van der Waals surface area contributed by atoms with Gasteiger partial charge in [-0.1, -0.05) is 36.8 Å². The SMILES string of the molecule is CCC(=O)N(Cc1cc2ccc(C)cc2[nH]c1=O)c1ccc(C)cc1C. The minimum atomic E-state index is -0.151. The zero-order valence-corrected chi connectivity index (χ0v) is 15.7. The maximum Gasteiger partial charge on any atom is 0.253 e. The molecule has 0 saturated carbocycles. The number of carbonyl (C=O) groups is 1. The van der Waals surface area contributed by atoms with Crippen LogP contribution in [-0.4, -0.2) is 10.9 Å². The molecule has 0 bridgehead atoms. The number of anilines is 1. The van der Waals surface area contributed by atoms with E-state index >= 15 is 0 Å². The molecule has 4 heteroatoms. The van der Waals surface area contributed by atoms with Gasteiger partial charge in [-0.3, -0.25) is 9.59 Å². The summed E-state index contributed by atoms with van der Waals surface area (Å²) in [5.74, 6) is 0.000330. The summed E-state index contributed by atoms with van der Waals surface area (Å²) in [7, 11) is 0. The van der Waals surface area contributed by atoms with E-state index in [1.165, 1.54) is 0 Å². The van der Waals surface area contributed by atoms with Crippen LogP contribution in [0.5, 0.6) is 0 Å². The first kappa shape index (κ1) is 17.9. The molecule has 2 aromatic carbocycles. The van der Waals surface area contributed by atoms with E-state index in [-0.39, 0.29) is 18.0 Å². The molecule has 0 unspecified atom stereocenters. The van der Waals surface area contributed by atoms with Gasteiger partial charge >= 0.3 is 0 Å². The van der Waals surface area contributed by atoms with Crippen LogP contribution in [0.15, 0.2) is 47.3 Å². The molecule has 0 spiro atoms. The Kier molecular flexibility index (Phi) is 4.94. The van der Waals surface area contributed by atoms with Gasteiger partial charge in [0, 0.05) is 23.2 Å². The molecule has 3 rings (SSSR count). The summed E-state index contributed by atoms with van der Waals surface area (Å²) >= 11 is 0. The van der Waals surface area contributed by atoms with Crippen molar-refractivity contribution in [3.63, 3.8) is 0 Å². The predicted octanol–water partition coefficient (Wildman–Crippen LogP) is 4.40. The number of H-pyrrole nitrogens is 1. The number of hydrogen-bond acceptors (Lipinski definition) is 2. The first-order valence-corrected chi connectivity index (χ1v) is 8.89. The molecule has 1 amide bonds. The molecule has 0 atom stereocenters. The molecule has 3 aromatic rings. The number of aromatic amines is 1. The van der Waals surface area contributed by atoms with Crippen LogP contribution in [0.4, 0.5) is 5.69 Å². The number of benzene rings is 2. The lowest BCUT2D eigenvalue weighted by molar-refractivity contribution is -0.118. The van der Waals surface area contributed by atoms with Crippen molar-refractivity contribution < 1.29 is 4.79 Å². The number of carbonyl (C=O) groups excluding carboxylic acids is 1. The molecule has 26 heavy (non-hydrogen) atoms. The van der Waals surface area contributed by atoms with Crippen molar-refractivity contribution in [2.45, 2.75) is 40.7 Å². The van der Waals surface area contributed by atoms with Crippen LogP contribution in [0.3, 0.4) is 0 Å². The summed E-state index contributed by atoms with van der Waals surface area (Å²) in [6.45, 7) is 8.11. The van der Waals surface area contributed by atoms with Gasteiger partial charge in [0.1, 0.15) is 0 Å². The van der Waals surface area contributed by atoms with E-state index in [0.29, 0.717) is 12.0 Å². The number of amides is 1. The van der Waals surface area contributed by atoms with Gasteiger partial charge in [-0.25, -0.2) is 0 Å². The van der Waals surface area contributed by atoms with Gasteiger partial charge in [0.15, 0.2) is 0 Å². The van der Waals surface area contributed by atoms with Crippen molar-refractivity contribution in [3.8, 4) is 0 Å². The van der Waals surface area contributed by atoms with Crippen LogP contribution in [-0.2, 0) is 11.3 Å². The van der Waals surface area contributed by atoms with E-state index < -0.39 is 0 Å². The quantitative estimate of drug-likeness (QED) is 0.760. The fraction of sp³-hybridized carbons (Fsp3) is 0.273. The van der Waals surface area contributed by atoms with E-state index in [1.807, 2.05) is 64.1 Å². The summed E-state index contributed by atoms with van der Waals surface area (Å²) in [6, 6.07) is 13.9. The maximum atomic E-state index is 12.6. The lowest BCUT2D eigenvalue weighted by atomic mass is 10.1. The summed E-state index contributed by atoms with van der Waals surface area (Å²) in [5, 5.41) is 0.967. The van der Waals surface area contributed by atoms with E-state index in [2.05, 4.69) is 11.1 Å². The van der Waals surface area contributed by atoms with Gasteiger partial charge in [0.25, 0.3) is 5.56 Å². The Balaban J connectivity index is 2.06. The number of fused-ring (bicyclic) bond motifs is 1. The summed E-state index contributed by atoms with van der Waals surface area (Å²) < 4.78 is 0. The minimum Gasteiger partial charge on any atom is -0.322 e. The highest BCUT2D eigenvalue weighted by Gasteiger charge is 2.18. The number of nitrogens with one attached hydrogen (secondary N) is 1. The van der Waals surface area contributed by atoms with Crippen molar-refractivity contribution in [3.05, 3.63) is 75.1 Å². The molecule has 0 aliphatic carbocycles. The molecular formula is C22H24N2O2. The highest BCUT2D eigenvalue weighted by atomic mass is 16.2. The highest BCUT2D eigenvalue weighted by molar-refractivity contribution is 5.94. The Morgan fingerprint density at radius 1 is 1.00 bits per heavy atom. The number of nitrogens with zero attached hydrogens (tertiary/aromatic N) is 1. The van der Waals surface area contributed by atoms with Gasteiger partial charge in [0.05, 0.1) is 6.54 Å². The minimum absolute atomic E-state index is 0.000330. The Labute approximate surface area is 153 Å². The normalized spacial score (nSPS) is 10.9. The average molecular weight is 348 g/mol. The zero-order chi connectivity index (χ0) is 18.8. The monoisotopic (exact) mass is 348 g/mol. The topological polar surface area (TPSA) is 53.2 Å². The third-order valence-electron chi connectivity index (χ3n) is 4.65. The van der Waals surface area contributed by atoms with Crippen LogP contribution in [0.25, 0.3) is 10.9 Å². The predicted molar refractivity (Wildman–Crippen MR) is 107 cm³/mol. The van der Waals surface area contributed by atoms with Crippen molar-refractivity contribution in [1.29, 1.82) is 0 Å². The molecule has 134 valence electrons. The third kappa shape index (κ3) is 3.54. The summed E-state index contributed by atoms with van der Waals surface area (Å²) in [4.78, 5) is 29.8. The molecule has 0 fully saturated rings. The number of hydrogen-bond donors (Lipinski definition) is 1. The van der Waals surface area contributed by atoms with Gasteiger partial charge in [-0.2, -0.15) is 0 Å². The summed E-state index contributed by atoms with van der Waals surface area (Å²) in [5.41, 5.74) is 5.38. The zero-order valence-electron chi connectivity index (χ0n) is 15.7. The first-order valence-electron chi connectivity index (χ1n) is 8.89. The van der Waals surface area contributed by atoms with Crippen LogP contribution >= 0.6 is 0 Å². The van der Waals surface area contributed by atoms with Crippen molar-refractivity contribution in [2.24, 2.45) is 0 Å². The Morgan fingerprint density at radius 2 is 1.69 bits per heavy atom. The summed E-state index contributed by atoms with van der Waals surface area (Å²) in [6.07, 6.45) is 0.387.